The molecule has 0 saturated heterocycles. The Hall–Kier alpha value is -1.93. The molecule has 0 amide bonds. The van der Waals surface area contributed by atoms with Gasteiger partial charge < -0.3 is 5.73 Å². The second-order valence-corrected chi connectivity index (χ2v) is 6.01. The minimum Gasteiger partial charge on any atom is -0.398 e. The number of hydrogen-bond donors (Lipinski definition) is 2. The Morgan fingerprint density at radius 2 is 2.21 bits per heavy atom. The van der Waals surface area contributed by atoms with Crippen LogP contribution >= 0.6 is 0 Å². The average molecular weight is 284 g/mol. The highest BCUT2D eigenvalue weighted by atomic mass is 32.2. The van der Waals surface area contributed by atoms with Crippen molar-refractivity contribution in [3.8, 4) is 0 Å². The van der Waals surface area contributed by atoms with Gasteiger partial charge in [-0.05, 0) is 12.1 Å². The summed E-state index contributed by atoms with van der Waals surface area (Å²) in [6.45, 7) is 0.0760. The first-order valence-electron chi connectivity index (χ1n) is 5.41. The molecule has 0 aliphatic heterocycles. The SMILES string of the molecule is CN(Cc1cn[nH]c1)S(=O)(=O)c1c(N)cccc1F. The Morgan fingerprint density at radius 1 is 1.47 bits per heavy atom. The van der Waals surface area contributed by atoms with Crippen LogP contribution in [0.3, 0.4) is 0 Å². The van der Waals surface area contributed by atoms with Crippen LogP contribution in [0, 0.1) is 5.82 Å². The highest BCUT2D eigenvalue weighted by Crippen LogP contribution is 2.25. The first-order chi connectivity index (χ1) is 8.93. The number of nitrogens with two attached hydrogens (primary N) is 1. The summed E-state index contributed by atoms with van der Waals surface area (Å²) >= 11 is 0. The molecule has 0 fully saturated rings. The molecule has 3 N–H and O–H groups in total. The molecule has 19 heavy (non-hydrogen) atoms. The molecule has 8 heteroatoms. The van der Waals surface area contributed by atoms with E-state index in [1.807, 2.05) is 0 Å². The van der Waals surface area contributed by atoms with Gasteiger partial charge in [0.05, 0.1) is 11.9 Å². The molecule has 0 radical (unpaired) electrons. The van der Waals surface area contributed by atoms with Crippen LogP contribution in [0.2, 0.25) is 0 Å². The van der Waals surface area contributed by atoms with Crippen molar-refractivity contribution in [2.24, 2.45) is 0 Å². The number of nitrogens with one attached hydrogen (secondary N) is 1. The van der Waals surface area contributed by atoms with Gasteiger partial charge in [0.15, 0.2) is 0 Å². The van der Waals surface area contributed by atoms with Gasteiger partial charge >= 0.3 is 0 Å². The summed E-state index contributed by atoms with van der Waals surface area (Å²) in [6, 6.07) is 3.77. The van der Waals surface area contributed by atoms with E-state index in [9.17, 15) is 12.8 Å². The van der Waals surface area contributed by atoms with Gasteiger partial charge in [-0.15, -0.1) is 0 Å². The molecule has 0 atom stereocenters. The molecule has 0 unspecified atom stereocenters. The van der Waals surface area contributed by atoms with Crippen LogP contribution in [0.4, 0.5) is 10.1 Å². The Labute approximate surface area is 110 Å². The fourth-order valence-corrected chi connectivity index (χ4v) is 2.97. The Balaban J connectivity index is 2.37. The van der Waals surface area contributed by atoms with Gasteiger partial charge in [0.2, 0.25) is 10.0 Å². The summed E-state index contributed by atoms with van der Waals surface area (Å²) in [7, 11) is -2.63. The molecular formula is C11H13FN4O2S. The van der Waals surface area contributed by atoms with Gasteiger partial charge in [-0.1, -0.05) is 6.07 Å². The topological polar surface area (TPSA) is 92.1 Å². The van der Waals surface area contributed by atoms with Crippen LogP contribution in [0.5, 0.6) is 0 Å². The number of nitrogens with zero attached hydrogens (tertiary/aromatic N) is 2. The van der Waals surface area contributed by atoms with Crippen LogP contribution in [-0.4, -0.2) is 30.0 Å². The summed E-state index contributed by atoms with van der Waals surface area (Å²) in [6.07, 6.45) is 3.06. The highest BCUT2D eigenvalue weighted by molar-refractivity contribution is 7.89. The third-order valence-corrected chi connectivity index (χ3v) is 4.52. The first-order valence-corrected chi connectivity index (χ1v) is 6.85. The molecule has 6 nitrogen and oxygen atoms in total. The maximum atomic E-state index is 13.7. The minimum absolute atomic E-state index is 0.0760. The van der Waals surface area contributed by atoms with E-state index in [-0.39, 0.29) is 12.2 Å². The van der Waals surface area contributed by atoms with E-state index >= 15 is 0 Å². The number of benzene rings is 1. The molecule has 0 bridgehead atoms. The Kier molecular flexibility index (Phi) is 3.54. The molecule has 2 rings (SSSR count). The highest BCUT2D eigenvalue weighted by Gasteiger charge is 2.27. The number of halogens is 1. The third-order valence-electron chi connectivity index (χ3n) is 2.63. The molecule has 0 aliphatic rings. The third kappa shape index (κ3) is 2.59. The first kappa shape index (κ1) is 13.5. The standard InChI is InChI=1S/C11H13FN4O2S/c1-16(7-8-5-14-15-6-8)19(17,18)11-9(12)3-2-4-10(11)13/h2-6H,7,13H2,1H3,(H,14,15). The zero-order valence-electron chi connectivity index (χ0n) is 10.2. The average Bonchev–Trinajstić information content (AvgIpc) is 2.81. The summed E-state index contributed by atoms with van der Waals surface area (Å²) in [5.41, 5.74) is 6.11. The fourth-order valence-electron chi connectivity index (χ4n) is 1.66. The number of sulfonamides is 1. The van der Waals surface area contributed by atoms with E-state index in [0.29, 0.717) is 5.56 Å². The second-order valence-electron chi connectivity index (χ2n) is 4.03. The van der Waals surface area contributed by atoms with E-state index in [4.69, 9.17) is 5.73 Å². The van der Waals surface area contributed by atoms with Gasteiger partial charge in [0.25, 0.3) is 0 Å². The van der Waals surface area contributed by atoms with Crippen molar-refractivity contribution in [1.82, 2.24) is 14.5 Å². The molecule has 2 aromatic rings. The molecule has 1 aromatic carbocycles. The summed E-state index contributed by atoms with van der Waals surface area (Å²) in [4.78, 5) is -0.499. The van der Waals surface area contributed by atoms with E-state index < -0.39 is 20.7 Å². The smallest absolute Gasteiger partial charge is 0.248 e. The van der Waals surface area contributed by atoms with Crippen LogP contribution in [-0.2, 0) is 16.6 Å². The van der Waals surface area contributed by atoms with Gasteiger partial charge in [-0.2, -0.15) is 9.40 Å². The zero-order chi connectivity index (χ0) is 14.0. The minimum atomic E-state index is -3.98. The lowest BCUT2D eigenvalue weighted by atomic mass is 10.3. The monoisotopic (exact) mass is 284 g/mol. The summed E-state index contributed by atoms with van der Waals surface area (Å²) in [5.74, 6) is -0.862. The molecule has 0 aliphatic carbocycles. The Morgan fingerprint density at radius 3 is 2.79 bits per heavy atom. The molecular weight excluding hydrogens is 271 g/mol. The summed E-state index contributed by atoms with van der Waals surface area (Å²) in [5, 5.41) is 6.30. The van der Waals surface area contributed by atoms with Crippen molar-refractivity contribution in [2.45, 2.75) is 11.4 Å². The van der Waals surface area contributed by atoms with Crippen molar-refractivity contribution >= 4 is 15.7 Å². The normalized spacial score (nSPS) is 11.9. The van der Waals surface area contributed by atoms with E-state index in [1.165, 1.54) is 25.4 Å². The summed E-state index contributed by atoms with van der Waals surface area (Å²) < 4.78 is 39.3. The van der Waals surface area contributed by atoms with Gasteiger partial charge in [0.1, 0.15) is 10.7 Å². The lowest BCUT2D eigenvalue weighted by Gasteiger charge is -2.17. The number of H-pyrrole nitrogens is 1. The molecule has 0 saturated carbocycles. The van der Waals surface area contributed by atoms with Crippen LogP contribution in [0.25, 0.3) is 0 Å². The number of hydrogen-bond acceptors (Lipinski definition) is 4. The van der Waals surface area contributed by atoms with E-state index in [0.717, 1.165) is 10.4 Å². The largest absolute Gasteiger partial charge is 0.398 e. The van der Waals surface area contributed by atoms with Gasteiger partial charge in [0, 0.05) is 25.4 Å². The molecule has 1 aromatic heterocycles. The number of anilines is 1. The second kappa shape index (κ2) is 4.98. The number of aromatic amines is 1. The number of rotatable bonds is 4. The van der Waals surface area contributed by atoms with Crippen LogP contribution in [0.1, 0.15) is 5.56 Å². The predicted molar refractivity (Wildman–Crippen MR) is 68.1 cm³/mol. The van der Waals surface area contributed by atoms with Crippen molar-refractivity contribution in [2.75, 3.05) is 12.8 Å². The van der Waals surface area contributed by atoms with Crippen molar-refractivity contribution in [3.05, 3.63) is 42.0 Å². The van der Waals surface area contributed by atoms with Crippen LogP contribution in [0.15, 0.2) is 35.5 Å². The van der Waals surface area contributed by atoms with Crippen LogP contribution < -0.4 is 5.73 Å². The molecule has 0 spiro atoms. The predicted octanol–water partition coefficient (Wildman–Crippen LogP) is 0.952. The number of aromatic nitrogens is 2. The van der Waals surface area contributed by atoms with Gasteiger partial charge in [-0.3, -0.25) is 5.10 Å². The zero-order valence-corrected chi connectivity index (χ0v) is 11.0. The number of nitrogen functional groups attached to an aromatic ring is 1. The van der Waals surface area contributed by atoms with E-state index in [2.05, 4.69) is 10.2 Å². The lowest BCUT2D eigenvalue weighted by molar-refractivity contribution is 0.460. The van der Waals surface area contributed by atoms with Crippen molar-refractivity contribution in [3.63, 3.8) is 0 Å². The lowest BCUT2D eigenvalue weighted by Crippen LogP contribution is -2.28. The molecule has 1 heterocycles. The van der Waals surface area contributed by atoms with Crippen molar-refractivity contribution < 1.29 is 12.8 Å². The maximum absolute atomic E-state index is 13.7. The van der Waals surface area contributed by atoms with E-state index in [1.54, 1.807) is 6.20 Å². The van der Waals surface area contributed by atoms with Gasteiger partial charge in [-0.25, -0.2) is 12.8 Å². The Bertz CT molecular complexity index is 650. The maximum Gasteiger partial charge on any atom is 0.248 e. The van der Waals surface area contributed by atoms with Crippen molar-refractivity contribution in [1.29, 1.82) is 0 Å². The fraction of sp³-hybridized carbons (Fsp3) is 0.182. The molecule has 102 valence electrons. The quantitative estimate of drug-likeness (QED) is 0.818.